The van der Waals surface area contributed by atoms with E-state index in [0.717, 1.165) is 17.6 Å². The third kappa shape index (κ3) is 2.58. The lowest BCUT2D eigenvalue weighted by atomic mass is 10.0. The zero-order chi connectivity index (χ0) is 8.85. The number of rotatable bonds is 4. The first kappa shape index (κ1) is 9.96. The van der Waals surface area contributed by atoms with Crippen LogP contribution in [0.3, 0.4) is 0 Å². The van der Waals surface area contributed by atoms with E-state index in [1.165, 1.54) is 5.57 Å². The van der Waals surface area contributed by atoms with Crippen molar-refractivity contribution in [1.82, 2.24) is 0 Å². The minimum absolute atomic E-state index is 0.984. The first-order valence-corrected chi connectivity index (χ1v) is 3.81. The zero-order valence-corrected chi connectivity index (χ0v) is 7.48. The highest BCUT2D eigenvalue weighted by Gasteiger charge is 1.97. The van der Waals surface area contributed by atoms with Gasteiger partial charge in [0.1, 0.15) is 0 Å². The Morgan fingerprint density at radius 2 is 1.82 bits per heavy atom. The average Bonchev–Trinajstić information content (AvgIpc) is 1.99. The number of hydrogen-bond acceptors (Lipinski definition) is 0. The SMILES string of the molecule is C=C/C(CC)=C(\C=C)C(=C)C. The summed E-state index contributed by atoms with van der Waals surface area (Å²) in [5, 5.41) is 0. The van der Waals surface area contributed by atoms with Crippen molar-refractivity contribution in [3.63, 3.8) is 0 Å². The average molecular weight is 148 g/mol. The van der Waals surface area contributed by atoms with E-state index >= 15 is 0 Å². The van der Waals surface area contributed by atoms with E-state index in [1.54, 1.807) is 0 Å². The molecule has 0 aromatic heterocycles. The molecule has 0 saturated heterocycles. The Kier molecular flexibility index (Phi) is 4.28. The van der Waals surface area contributed by atoms with Crippen LogP contribution in [0.5, 0.6) is 0 Å². The summed E-state index contributed by atoms with van der Waals surface area (Å²) in [4.78, 5) is 0. The Labute approximate surface area is 69.6 Å². The fraction of sp³-hybridized carbons (Fsp3) is 0.273. The molecule has 0 rings (SSSR count). The summed E-state index contributed by atoms with van der Waals surface area (Å²) in [5.74, 6) is 0. The first-order chi connectivity index (χ1) is 5.17. The molecule has 0 heterocycles. The summed E-state index contributed by atoms with van der Waals surface area (Å²) in [6.45, 7) is 15.4. The lowest BCUT2D eigenvalue weighted by Gasteiger charge is -2.05. The second kappa shape index (κ2) is 4.73. The van der Waals surface area contributed by atoms with Crippen molar-refractivity contribution >= 4 is 0 Å². The maximum absolute atomic E-state index is 3.87. The van der Waals surface area contributed by atoms with Gasteiger partial charge in [0.25, 0.3) is 0 Å². The van der Waals surface area contributed by atoms with Crippen molar-refractivity contribution < 1.29 is 0 Å². The van der Waals surface area contributed by atoms with Crippen molar-refractivity contribution in [3.8, 4) is 0 Å². The topological polar surface area (TPSA) is 0 Å². The molecule has 0 heteroatoms. The van der Waals surface area contributed by atoms with Gasteiger partial charge in [-0.05, 0) is 24.5 Å². The number of allylic oxidation sites excluding steroid dienone is 5. The van der Waals surface area contributed by atoms with Gasteiger partial charge in [0.05, 0.1) is 0 Å². The molecule has 0 spiro atoms. The minimum Gasteiger partial charge on any atom is -0.0988 e. The van der Waals surface area contributed by atoms with Crippen LogP contribution >= 0.6 is 0 Å². The van der Waals surface area contributed by atoms with Crippen LogP contribution in [0.15, 0.2) is 48.6 Å². The molecule has 0 unspecified atom stereocenters. The Hall–Kier alpha value is -1.04. The molecule has 11 heavy (non-hydrogen) atoms. The Balaban J connectivity index is 4.92. The summed E-state index contributed by atoms with van der Waals surface area (Å²) in [6.07, 6.45) is 4.69. The van der Waals surface area contributed by atoms with Gasteiger partial charge in [0.15, 0.2) is 0 Å². The monoisotopic (exact) mass is 148 g/mol. The van der Waals surface area contributed by atoms with Crippen molar-refractivity contribution in [1.29, 1.82) is 0 Å². The van der Waals surface area contributed by atoms with Crippen molar-refractivity contribution in [2.75, 3.05) is 0 Å². The summed E-state index contributed by atoms with van der Waals surface area (Å²) in [6, 6.07) is 0. The highest BCUT2D eigenvalue weighted by Crippen LogP contribution is 2.17. The molecular weight excluding hydrogens is 132 g/mol. The van der Waals surface area contributed by atoms with E-state index < -0.39 is 0 Å². The van der Waals surface area contributed by atoms with Crippen molar-refractivity contribution in [3.05, 3.63) is 48.6 Å². The van der Waals surface area contributed by atoms with E-state index in [4.69, 9.17) is 0 Å². The molecule has 0 fully saturated rings. The predicted octanol–water partition coefficient (Wildman–Crippen LogP) is 3.64. The van der Waals surface area contributed by atoms with Gasteiger partial charge in [-0.2, -0.15) is 0 Å². The van der Waals surface area contributed by atoms with Crippen LogP contribution in [0.25, 0.3) is 0 Å². The molecule has 0 amide bonds. The highest BCUT2D eigenvalue weighted by molar-refractivity contribution is 5.43. The normalized spacial score (nSPS) is 11.8. The quantitative estimate of drug-likeness (QED) is 0.534. The van der Waals surface area contributed by atoms with Crippen LogP contribution in [0.4, 0.5) is 0 Å². The molecule has 0 radical (unpaired) electrons. The molecule has 0 saturated carbocycles. The van der Waals surface area contributed by atoms with Crippen molar-refractivity contribution in [2.24, 2.45) is 0 Å². The summed E-state index contributed by atoms with van der Waals surface area (Å²) in [5.41, 5.74) is 3.40. The van der Waals surface area contributed by atoms with Crippen LogP contribution in [0, 0.1) is 0 Å². The Bertz CT molecular complexity index is 204. The van der Waals surface area contributed by atoms with Crippen molar-refractivity contribution in [2.45, 2.75) is 20.3 Å². The summed E-state index contributed by atoms with van der Waals surface area (Å²) >= 11 is 0. The highest BCUT2D eigenvalue weighted by atomic mass is 14.0. The minimum atomic E-state index is 0.984. The molecule has 0 atom stereocenters. The van der Waals surface area contributed by atoms with E-state index in [-0.39, 0.29) is 0 Å². The smallest absolute Gasteiger partial charge is 0.0207 e. The molecule has 0 N–H and O–H groups in total. The summed E-state index contributed by atoms with van der Waals surface area (Å²) in [7, 11) is 0. The molecule has 0 aromatic carbocycles. The standard InChI is InChI=1S/C11H16/c1-6-10(7-2)11(8-3)9(4)5/h6,8H,1,3-4,7H2,2,5H3/b11-10-. The summed E-state index contributed by atoms with van der Waals surface area (Å²) < 4.78 is 0. The largest absolute Gasteiger partial charge is 0.0988 e. The van der Waals surface area contributed by atoms with Gasteiger partial charge in [0, 0.05) is 0 Å². The van der Waals surface area contributed by atoms with Gasteiger partial charge in [-0.3, -0.25) is 0 Å². The Morgan fingerprint density at radius 1 is 1.27 bits per heavy atom. The van der Waals surface area contributed by atoms with Gasteiger partial charge in [-0.25, -0.2) is 0 Å². The van der Waals surface area contributed by atoms with Crippen LogP contribution in [0.2, 0.25) is 0 Å². The third-order valence-corrected chi connectivity index (χ3v) is 1.64. The molecule has 0 aliphatic carbocycles. The van der Waals surface area contributed by atoms with Gasteiger partial charge >= 0.3 is 0 Å². The van der Waals surface area contributed by atoms with Crippen LogP contribution in [-0.2, 0) is 0 Å². The lowest BCUT2D eigenvalue weighted by molar-refractivity contribution is 1.12. The van der Waals surface area contributed by atoms with E-state index in [0.29, 0.717) is 0 Å². The second-order valence-electron chi connectivity index (χ2n) is 2.48. The van der Waals surface area contributed by atoms with E-state index in [2.05, 4.69) is 26.7 Å². The molecule has 0 aromatic rings. The molecule has 0 aliphatic heterocycles. The predicted molar refractivity (Wildman–Crippen MR) is 52.5 cm³/mol. The second-order valence-corrected chi connectivity index (χ2v) is 2.48. The maximum atomic E-state index is 3.87. The van der Waals surface area contributed by atoms with Gasteiger partial charge in [0.2, 0.25) is 0 Å². The molecule has 60 valence electrons. The molecule has 0 nitrogen and oxygen atoms in total. The first-order valence-electron chi connectivity index (χ1n) is 3.81. The molecule has 0 bridgehead atoms. The van der Waals surface area contributed by atoms with E-state index in [1.807, 2.05) is 19.1 Å². The number of hydrogen-bond donors (Lipinski definition) is 0. The Morgan fingerprint density at radius 3 is 1.91 bits per heavy atom. The van der Waals surface area contributed by atoms with Gasteiger partial charge in [-0.1, -0.05) is 44.4 Å². The van der Waals surface area contributed by atoms with Crippen LogP contribution in [0.1, 0.15) is 20.3 Å². The molecular formula is C11H16. The zero-order valence-electron chi connectivity index (χ0n) is 7.48. The van der Waals surface area contributed by atoms with Gasteiger partial charge in [-0.15, -0.1) is 0 Å². The fourth-order valence-electron chi connectivity index (χ4n) is 1.02. The van der Waals surface area contributed by atoms with E-state index in [9.17, 15) is 0 Å². The fourth-order valence-corrected chi connectivity index (χ4v) is 1.02. The maximum Gasteiger partial charge on any atom is -0.0207 e. The molecule has 0 aliphatic rings. The van der Waals surface area contributed by atoms with Crippen LogP contribution < -0.4 is 0 Å². The lowest BCUT2D eigenvalue weighted by Crippen LogP contribution is -1.85. The third-order valence-electron chi connectivity index (χ3n) is 1.64. The van der Waals surface area contributed by atoms with Crippen LogP contribution in [-0.4, -0.2) is 0 Å². The van der Waals surface area contributed by atoms with Gasteiger partial charge < -0.3 is 0 Å².